The van der Waals surface area contributed by atoms with Gasteiger partial charge in [-0.1, -0.05) is 12.1 Å². The van der Waals surface area contributed by atoms with Crippen LogP contribution >= 0.6 is 0 Å². The molecule has 1 aliphatic carbocycles. The van der Waals surface area contributed by atoms with Crippen LogP contribution in [0.25, 0.3) is 0 Å². The van der Waals surface area contributed by atoms with Crippen molar-refractivity contribution in [1.29, 1.82) is 5.26 Å². The number of urea groups is 1. The van der Waals surface area contributed by atoms with Crippen LogP contribution in [0.4, 0.5) is 14.9 Å². The molecule has 1 aromatic heterocycles. The number of Topliss-reactive ketones (excluding diaryl/α,β-unsaturated/α-hetero) is 1. The van der Waals surface area contributed by atoms with Crippen LogP contribution in [-0.4, -0.2) is 16.8 Å². The molecule has 1 atom stereocenters. The Morgan fingerprint density at radius 3 is 2.81 bits per heavy atom. The number of hydrogen-bond acceptors (Lipinski definition) is 4. The predicted molar refractivity (Wildman–Crippen MR) is 95.2 cm³/mol. The van der Waals surface area contributed by atoms with E-state index >= 15 is 0 Å². The van der Waals surface area contributed by atoms with Gasteiger partial charge in [0, 0.05) is 23.9 Å². The van der Waals surface area contributed by atoms with E-state index in [1.807, 2.05) is 6.07 Å². The zero-order valence-corrected chi connectivity index (χ0v) is 14.3. The van der Waals surface area contributed by atoms with Crippen LogP contribution in [0.15, 0.2) is 53.9 Å². The number of nitrogens with zero attached hydrogens (tertiary/aromatic N) is 3. The molecule has 2 heterocycles. The summed E-state index contributed by atoms with van der Waals surface area (Å²) in [6.07, 6.45) is 2.16. The summed E-state index contributed by atoms with van der Waals surface area (Å²) in [4.78, 5) is 31.1. The lowest BCUT2D eigenvalue weighted by Crippen LogP contribution is -2.47. The Morgan fingerprint density at radius 2 is 2.11 bits per heavy atom. The summed E-state index contributed by atoms with van der Waals surface area (Å²) in [5, 5.41) is 11.7. The van der Waals surface area contributed by atoms with Gasteiger partial charge >= 0.3 is 6.03 Å². The molecule has 1 aromatic carbocycles. The molecular formula is C20H15FN4O2. The van der Waals surface area contributed by atoms with Gasteiger partial charge in [0.15, 0.2) is 5.78 Å². The van der Waals surface area contributed by atoms with Gasteiger partial charge in [-0.3, -0.25) is 14.7 Å². The van der Waals surface area contributed by atoms with Gasteiger partial charge in [-0.25, -0.2) is 9.18 Å². The number of carbonyl (C=O) groups is 2. The number of nitriles is 1. The molecule has 6 nitrogen and oxygen atoms in total. The first-order valence-electron chi connectivity index (χ1n) is 8.50. The van der Waals surface area contributed by atoms with Crippen molar-refractivity contribution in [3.63, 3.8) is 0 Å². The number of alkyl halides is 1. The molecule has 0 spiro atoms. The van der Waals surface area contributed by atoms with Crippen LogP contribution in [0.1, 0.15) is 35.7 Å². The second kappa shape index (κ2) is 6.65. The third-order valence-electron chi connectivity index (χ3n) is 4.76. The summed E-state index contributed by atoms with van der Waals surface area (Å²) < 4.78 is 13.0. The van der Waals surface area contributed by atoms with Gasteiger partial charge in [-0.2, -0.15) is 5.26 Å². The number of aromatic nitrogens is 1. The Morgan fingerprint density at radius 1 is 1.26 bits per heavy atom. The van der Waals surface area contributed by atoms with Crippen molar-refractivity contribution in [2.45, 2.75) is 25.6 Å². The molecule has 4 rings (SSSR count). The van der Waals surface area contributed by atoms with E-state index in [1.165, 1.54) is 11.1 Å². The van der Waals surface area contributed by atoms with Crippen molar-refractivity contribution in [2.75, 3.05) is 4.90 Å². The van der Waals surface area contributed by atoms with Crippen molar-refractivity contribution < 1.29 is 14.0 Å². The number of carbonyl (C=O) groups excluding carboxylic acids is 2. The number of pyridine rings is 1. The van der Waals surface area contributed by atoms with Gasteiger partial charge in [-0.05, 0) is 36.2 Å². The summed E-state index contributed by atoms with van der Waals surface area (Å²) >= 11 is 0. The average molecular weight is 362 g/mol. The largest absolute Gasteiger partial charge is 0.327 e. The molecule has 1 aliphatic heterocycles. The van der Waals surface area contributed by atoms with Crippen molar-refractivity contribution in [3.05, 3.63) is 70.7 Å². The highest BCUT2D eigenvalue weighted by Crippen LogP contribution is 2.40. The van der Waals surface area contributed by atoms with E-state index in [-0.39, 0.29) is 5.78 Å². The zero-order valence-electron chi connectivity index (χ0n) is 14.3. The summed E-state index contributed by atoms with van der Waals surface area (Å²) in [6, 6.07) is 10.8. The topological polar surface area (TPSA) is 86.1 Å². The van der Waals surface area contributed by atoms with Gasteiger partial charge < -0.3 is 5.32 Å². The van der Waals surface area contributed by atoms with Crippen LogP contribution in [-0.2, 0) is 11.5 Å². The number of halogens is 1. The normalized spacial score (nSPS) is 19.0. The first-order chi connectivity index (χ1) is 13.1. The maximum Gasteiger partial charge on any atom is 0.327 e. The highest BCUT2D eigenvalue weighted by Gasteiger charge is 2.41. The minimum Gasteiger partial charge on any atom is -0.325 e. The third kappa shape index (κ3) is 2.85. The predicted octanol–water partition coefficient (Wildman–Crippen LogP) is 3.31. The summed E-state index contributed by atoms with van der Waals surface area (Å²) in [5.41, 5.74) is 3.01. The first-order valence-corrected chi connectivity index (χ1v) is 8.50. The van der Waals surface area contributed by atoms with Crippen molar-refractivity contribution >= 4 is 17.5 Å². The second-order valence-electron chi connectivity index (χ2n) is 6.39. The number of allylic oxidation sites excluding steroid dienone is 1. The zero-order chi connectivity index (χ0) is 19.0. The van der Waals surface area contributed by atoms with Gasteiger partial charge in [-0.15, -0.1) is 0 Å². The lowest BCUT2D eigenvalue weighted by molar-refractivity contribution is -0.115. The molecule has 0 saturated carbocycles. The highest BCUT2D eigenvalue weighted by molar-refractivity contribution is 6.08. The summed E-state index contributed by atoms with van der Waals surface area (Å²) in [7, 11) is 0. The second-order valence-corrected chi connectivity index (χ2v) is 6.39. The molecule has 7 heteroatoms. The van der Waals surface area contributed by atoms with E-state index in [1.54, 1.807) is 36.4 Å². The number of benzene rings is 1. The molecule has 0 bridgehead atoms. The molecule has 27 heavy (non-hydrogen) atoms. The lowest BCUT2D eigenvalue weighted by Gasteiger charge is -2.34. The fourth-order valence-corrected chi connectivity index (χ4v) is 3.52. The maximum atomic E-state index is 13.0. The van der Waals surface area contributed by atoms with E-state index in [2.05, 4.69) is 10.3 Å². The van der Waals surface area contributed by atoms with Gasteiger partial charge in [0.05, 0.1) is 16.9 Å². The number of ketones is 1. The van der Waals surface area contributed by atoms with Crippen LogP contribution in [0.3, 0.4) is 0 Å². The van der Waals surface area contributed by atoms with Gasteiger partial charge in [0.2, 0.25) is 0 Å². The Balaban J connectivity index is 1.80. The number of rotatable bonds is 3. The average Bonchev–Trinajstić information content (AvgIpc) is 3.09. The number of anilines is 1. The van der Waals surface area contributed by atoms with Gasteiger partial charge in [0.1, 0.15) is 18.8 Å². The van der Waals surface area contributed by atoms with Gasteiger partial charge in [0.25, 0.3) is 0 Å². The molecule has 0 radical (unpaired) electrons. The quantitative estimate of drug-likeness (QED) is 0.908. The molecule has 2 aliphatic rings. The third-order valence-corrected chi connectivity index (χ3v) is 4.76. The van der Waals surface area contributed by atoms with E-state index in [0.717, 1.165) is 0 Å². The lowest BCUT2D eigenvalue weighted by atomic mass is 9.98. The molecular weight excluding hydrogens is 347 g/mol. The van der Waals surface area contributed by atoms with E-state index in [9.17, 15) is 14.0 Å². The molecule has 134 valence electrons. The number of amides is 2. The Bertz CT molecular complexity index is 1010. The molecule has 0 unspecified atom stereocenters. The first kappa shape index (κ1) is 16.9. The number of nitrogens with one attached hydrogen (secondary N) is 1. The minimum absolute atomic E-state index is 0.0483. The van der Waals surface area contributed by atoms with E-state index in [0.29, 0.717) is 46.6 Å². The van der Waals surface area contributed by atoms with Crippen molar-refractivity contribution in [3.8, 4) is 6.07 Å². The fraction of sp³-hybridized carbons (Fsp3) is 0.200. The smallest absolute Gasteiger partial charge is 0.325 e. The van der Waals surface area contributed by atoms with Crippen molar-refractivity contribution in [2.24, 2.45) is 0 Å². The van der Waals surface area contributed by atoms with E-state index in [4.69, 9.17) is 5.26 Å². The van der Waals surface area contributed by atoms with Crippen LogP contribution in [0, 0.1) is 11.3 Å². The Hall–Kier alpha value is -3.53. The van der Waals surface area contributed by atoms with Crippen LogP contribution in [0.5, 0.6) is 0 Å². The van der Waals surface area contributed by atoms with E-state index < -0.39 is 18.7 Å². The Kier molecular flexibility index (Phi) is 4.16. The standard InChI is InChI=1S/C20H15FN4O2/c21-9-12-2-1-3-14(8-12)25-16-6-7-17(26)18(16)19(24-20(25)27)15-5-4-13(10-22)11-23-15/h1-5,8,11,19H,6-7,9H2,(H,24,27)/t19-/m1/s1. The molecule has 1 N–H and O–H groups in total. The number of hydrogen-bond donors (Lipinski definition) is 1. The molecule has 2 amide bonds. The van der Waals surface area contributed by atoms with Crippen LogP contribution < -0.4 is 10.2 Å². The fourth-order valence-electron chi connectivity index (χ4n) is 3.52. The summed E-state index contributed by atoms with van der Waals surface area (Å²) in [6.45, 7) is -0.633. The molecule has 2 aromatic rings. The minimum atomic E-state index is -0.657. The molecule has 0 fully saturated rings. The maximum absolute atomic E-state index is 13.0. The Labute approximate surface area is 154 Å². The monoisotopic (exact) mass is 362 g/mol. The summed E-state index contributed by atoms with van der Waals surface area (Å²) in [5.74, 6) is -0.0483. The highest BCUT2D eigenvalue weighted by atomic mass is 19.1. The molecule has 0 saturated heterocycles. The SMILES string of the molecule is N#Cc1ccc([C@H]2NC(=O)N(c3cccc(CF)c3)C3=C2C(=O)CC3)nc1. The van der Waals surface area contributed by atoms with Crippen LogP contribution in [0.2, 0.25) is 0 Å². The van der Waals surface area contributed by atoms with Crippen molar-refractivity contribution in [1.82, 2.24) is 10.3 Å².